The van der Waals surface area contributed by atoms with E-state index in [0.717, 1.165) is 22.9 Å². The predicted molar refractivity (Wildman–Crippen MR) is 164 cm³/mol. The van der Waals surface area contributed by atoms with Crippen LogP contribution in [-0.2, 0) is 0 Å². The molecule has 0 aromatic heterocycles. The Balaban J connectivity index is 1.63. The first-order valence-electron chi connectivity index (χ1n) is 15.5. The molecule has 3 heteroatoms. The minimum Gasteiger partial charge on any atom is -0.457 e. The third-order valence-corrected chi connectivity index (χ3v) is 7.25. The van der Waals surface area contributed by atoms with Crippen LogP contribution in [0.25, 0.3) is 0 Å². The van der Waals surface area contributed by atoms with Crippen LogP contribution in [0.2, 0.25) is 0 Å². The molecule has 0 amide bonds. The van der Waals surface area contributed by atoms with Crippen molar-refractivity contribution >= 4 is 11.4 Å². The van der Waals surface area contributed by atoms with Gasteiger partial charge >= 0.3 is 0 Å². The minimum absolute atomic E-state index is 0.496. The van der Waals surface area contributed by atoms with E-state index in [2.05, 4.69) is 86.9 Å². The monoisotopic (exact) mass is 508 g/mol. The third-order valence-electron chi connectivity index (χ3n) is 7.25. The molecule has 0 fully saturated rings. The fourth-order valence-electron chi connectivity index (χ4n) is 4.90. The molecule has 2 atom stereocenters. The van der Waals surface area contributed by atoms with E-state index in [1.54, 1.807) is 0 Å². The van der Waals surface area contributed by atoms with Crippen LogP contribution in [0.5, 0.6) is 11.5 Å². The molecule has 0 saturated heterocycles. The molecule has 0 bridgehead atoms. The van der Waals surface area contributed by atoms with Crippen molar-refractivity contribution < 1.29 is 4.74 Å². The summed E-state index contributed by atoms with van der Waals surface area (Å²) in [6.45, 7) is 9.13. The molecule has 0 aliphatic carbocycles. The van der Waals surface area contributed by atoms with Gasteiger partial charge in [0.1, 0.15) is 11.5 Å². The van der Waals surface area contributed by atoms with Crippen LogP contribution in [0.3, 0.4) is 0 Å². The molecule has 0 radical (unpaired) electrons. The number of hydrogen-bond acceptors (Lipinski definition) is 3. The molecule has 0 heterocycles. The van der Waals surface area contributed by atoms with Crippen molar-refractivity contribution in [2.24, 2.45) is 0 Å². The van der Waals surface area contributed by atoms with Crippen LogP contribution in [-0.4, -0.2) is 12.1 Å². The number of benzene rings is 2. The SMILES string of the molecule is CCCCCCCCCC(C)Nc1ccc(Oc2ccc(NC(C)CCCCCCCCC)cc2)cc1. The quantitative estimate of drug-likeness (QED) is 0.155. The van der Waals surface area contributed by atoms with E-state index in [4.69, 9.17) is 4.74 Å². The molecule has 2 aromatic rings. The third kappa shape index (κ3) is 15.0. The molecule has 37 heavy (non-hydrogen) atoms. The number of nitrogens with one attached hydrogen (secondary N) is 2. The smallest absolute Gasteiger partial charge is 0.127 e. The van der Waals surface area contributed by atoms with E-state index in [1.165, 1.54) is 103 Å². The lowest BCUT2D eigenvalue weighted by atomic mass is 10.1. The van der Waals surface area contributed by atoms with Crippen molar-refractivity contribution in [3.05, 3.63) is 48.5 Å². The number of anilines is 2. The van der Waals surface area contributed by atoms with E-state index >= 15 is 0 Å². The molecular weight excluding hydrogens is 452 g/mol. The zero-order valence-corrected chi connectivity index (χ0v) is 24.5. The van der Waals surface area contributed by atoms with E-state index in [1.807, 2.05) is 0 Å². The van der Waals surface area contributed by atoms with E-state index in [0.29, 0.717) is 12.1 Å². The van der Waals surface area contributed by atoms with Crippen molar-refractivity contribution in [3.63, 3.8) is 0 Å². The molecule has 2 rings (SSSR count). The summed E-state index contributed by atoms with van der Waals surface area (Å²) >= 11 is 0. The van der Waals surface area contributed by atoms with E-state index in [-0.39, 0.29) is 0 Å². The molecule has 0 aliphatic heterocycles. The van der Waals surface area contributed by atoms with Gasteiger partial charge in [0, 0.05) is 23.5 Å². The Morgan fingerprint density at radius 1 is 0.486 bits per heavy atom. The van der Waals surface area contributed by atoms with Gasteiger partial charge in [0.05, 0.1) is 0 Å². The van der Waals surface area contributed by atoms with Crippen LogP contribution >= 0.6 is 0 Å². The fraction of sp³-hybridized carbons (Fsp3) is 0.647. The summed E-state index contributed by atoms with van der Waals surface area (Å²) in [5.74, 6) is 1.75. The highest BCUT2D eigenvalue weighted by atomic mass is 16.5. The maximum atomic E-state index is 6.08. The van der Waals surface area contributed by atoms with Crippen LogP contribution in [0, 0.1) is 0 Å². The zero-order chi connectivity index (χ0) is 26.6. The summed E-state index contributed by atoms with van der Waals surface area (Å²) in [7, 11) is 0. The topological polar surface area (TPSA) is 33.3 Å². The van der Waals surface area contributed by atoms with Crippen molar-refractivity contribution in [3.8, 4) is 11.5 Å². The molecule has 0 saturated carbocycles. The normalized spacial score (nSPS) is 12.8. The fourth-order valence-corrected chi connectivity index (χ4v) is 4.90. The first kappa shape index (κ1) is 31.1. The highest BCUT2D eigenvalue weighted by Gasteiger charge is 2.05. The van der Waals surface area contributed by atoms with Crippen LogP contribution in [0.15, 0.2) is 48.5 Å². The number of hydrogen-bond donors (Lipinski definition) is 2. The Morgan fingerprint density at radius 2 is 0.811 bits per heavy atom. The Hall–Kier alpha value is -2.16. The molecule has 3 nitrogen and oxygen atoms in total. The van der Waals surface area contributed by atoms with Gasteiger partial charge in [0.15, 0.2) is 0 Å². The second kappa shape index (κ2) is 19.9. The van der Waals surface area contributed by atoms with Crippen molar-refractivity contribution in [1.29, 1.82) is 0 Å². The summed E-state index contributed by atoms with van der Waals surface area (Å²) in [5, 5.41) is 7.27. The van der Waals surface area contributed by atoms with Crippen LogP contribution < -0.4 is 15.4 Å². The lowest BCUT2D eigenvalue weighted by Gasteiger charge is -2.16. The zero-order valence-electron chi connectivity index (χ0n) is 24.5. The van der Waals surface area contributed by atoms with Gasteiger partial charge in [0.25, 0.3) is 0 Å². The lowest BCUT2D eigenvalue weighted by Crippen LogP contribution is -2.14. The molecule has 0 spiro atoms. The Labute approximate surface area is 229 Å². The van der Waals surface area contributed by atoms with Crippen molar-refractivity contribution in [2.75, 3.05) is 10.6 Å². The molecular formula is C34H56N2O. The average molecular weight is 509 g/mol. The highest BCUT2D eigenvalue weighted by Crippen LogP contribution is 2.25. The van der Waals surface area contributed by atoms with Gasteiger partial charge in [-0.3, -0.25) is 0 Å². The first-order chi connectivity index (χ1) is 18.1. The highest BCUT2D eigenvalue weighted by molar-refractivity contribution is 5.50. The Bertz CT molecular complexity index is 719. The van der Waals surface area contributed by atoms with Gasteiger partial charge in [0.2, 0.25) is 0 Å². The summed E-state index contributed by atoms with van der Waals surface area (Å²) < 4.78 is 6.08. The van der Waals surface area contributed by atoms with Gasteiger partial charge < -0.3 is 15.4 Å². The van der Waals surface area contributed by atoms with E-state index in [9.17, 15) is 0 Å². The molecule has 208 valence electrons. The minimum atomic E-state index is 0.496. The lowest BCUT2D eigenvalue weighted by molar-refractivity contribution is 0.482. The van der Waals surface area contributed by atoms with Crippen molar-refractivity contribution in [1.82, 2.24) is 0 Å². The van der Waals surface area contributed by atoms with Gasteiger partial charge in [-0.15, -0.1) is 0 Å². The molecule has 2 N–H and O–H groups in total. The maximum Gasteiger partial charge on any atom is 0.127 e. The van der Waals surface area contributed by atoms with E-state index < -0.39 is 0 Å². The van der Waals surface area contributed by atoms with Gasteiger partial charge in [-0.25, -0.2) is 0 Å². The second-order valence-electron chi connectivity index (χ2n) is 11.1. The Kier molecular flexibility index (Phi) is 16.7. The average Bonchev–Trinajstić information content (AvgIpc) is 2.90. The van der Waals surface area contributed by atoms with Gasteiger partial charge in [-0.2, -0.15) is 0 Å². The summed E-state index contributed by atoms with van der Waals surface area (Å²) in [6.07, 6.45) is 21.6. The van der Waals surface area contributed by atoms with Crippen LogP contribution in [0.4, 0.5) is 11.4 Å². The summed E-state index contributed by atoms with van der Waals surface area (Å²) in [6, 6.07) is 17.7. The first-order valence-corrected chi connectivity index (χ1v) is 15.5. The largest absolute Gasteiger partial charge is 0.457 e. The maximum absolute atomic E-state index is 6.08. The standard InChI is InChI=1S/C34H56N2O/c1-5-7-9-11-13-15-17-19-29(3)35-31-21-25-33(26-22-31)37-34-27-23-32(24-28-34)36-30(4)20-18-16-14-12-10-8-6-2/h21-30,35-36H,5-20H2,1-4H3. The Morgan fingerprint density at radius 3 is 1.16 bits per heavy atom. The van der Waals surface area contributed by atoms with Gasteiger partial charge in [-0.05, 0) is 75.2 Å². The van der Waals surface area contributed by atoms with Crippen LogP contribution in [0.1, 0.15) is 130 Å². The number of rotatable bonds is 22. The molecule has 2 aromatic carbocycles. The molecule has 2 unspecified atom stereocenters. The van der Waals surface area contributed by atoms with Gasteiger partial charge in [-0.1, -0.05) is 104 Å². The molecule has 0 aliphatic rings. The number of ether oxygens (including phenoxy) is 1. The predicted octanol–water partition coefficient (Wildman–Crippen LogP) is 11.4. The van der Waals surface area contributed by atoms with Crippen molar-refractivity contribution in [2.45, 2.75) is 143 Å². The second-order valence-corrected chi connectivity index (χ2v) is 11.1. The summed E-state index contributed by atoms with van der Waals surface area (Å²) in [5.41, 5.74) is 2.33. The number of unbranched alkanes of at least 4 members (excludes halogenated alkanes) is 12. The summed E-state index contributed by atoms with van der Waals surface area (Å²) in [4.78, 5) is 0.